The highest BCUT2D eigenvalue weighted by molar-refractivity contribution is 8.01. The number of rotatable bonds is 12. The summed E-state index contributed by atoms with van der Waals surface area (Å²) in [4.78, 5) is 29.2. The molecule has 1 fully saturated rings. The number of aromatic carboxylic acids is 1. The van der Waals surface area contributed by atoms with Gasteiger partial charge in [-0.3, -0.25) is 4.79 Å². The van der Waals surface area contributed by atoms with Crippen LogP contribution in [0.4, 0.5) is 0 Å². The molecule has 0 bridgehead atoms. The van der Waals surface area contributed by atoms with Crippen LogP contribution in [0.3, 0.4) is 0 Å². The van der Waals surface area contributed by atoms with Crippen molar-refractivity contribution in [1.82, 2.24) is 9.88 Å². The molecule has 0 saturated carbocycles. The van der Waals surface area contributed by atoms with Crippen LogP contribution in [-0.4, -0.2) is 51.2 Å². The van der Waals surface area contributed by atoms with Gasteiger partial charge in [-0.1, -0.05) is 51.3 Å². The first-order valence-electron chi connectivity index (χ1n) is 9.80. The van der Waals surface area contributed by atoms with Crippen LogP contribution < -0.4 is 5.73 Å². The molecule has 1 amide bonds. The number of unbranched alkanes of at least 4 members (excludes halogenated alkanes) is 3. The molecule has 2 heterocycles. The minimum absolute atomic E-state index is 0.0153. The second-order valence-corrected chi connectivity index (χ2v) is 9.45. The summed E-state index contributed by atoms with van der Waals surface area (Å²) in [6, 6.07) is 0.131. The third kappa shape index (κ3) is 6.47. The number of thioether (sulfide) groups is 1. The molecule has 8 heteroatoms. The van der Waals surface area contributed by atoms with Gasteiger partial charge < -0.3 is 15.7 Å². The van der Waals surface area contributed by atoms with Crippen LogP contribution >= 0.6 is 23.1 Å². The van der Waals surface area contributed by atoms with Crippen LogP contribution in [0.2, 0.25) is 0 Å². The van der Waals surface area contributed by atoms with Gasteiger partial charge in [0.05, 0.1) is 0 Å². The van der Waals surface area contributed by atoms with Crippen molar-refractivity contribution in [3.05, 3.63) is 11.1 Å². The van der Waals surface area contributed by atoms with Gasteiger partial charge in [0, 0.05) is 36.2 Å². The molecule has 6 nitrogen and oxygen atoms in total. The summed E-state index contributed by atoms with van der Waals surface area (Å²) >= 11 is 2.83. The molecule has 27 heavy (non-hydrogen) atoms. The molecule has 3 N–H and O–H groups in total. The molecule has 1 aliphatic rings. The fourth-order valence-electron chi connectivity index (χ4n) is 3.56. The van der Waals surface area contributed by atoms with E-state index < -0.39 is 5.97 Å². The Morgan fingerprint density at radius 1 is 1.48 bits per heavy atom. The lowest BCUT2D eigenvalue weighted by Gasteiger charge is -2.33. The first-order valence-corrected chi connectivity index (χ1v) is 11.7. The second-order valence-electron chi connectivity index (χ2n) is 7.25. The zero-order valence-corrected chi connectivity index (χ0v) is 17.9. The minimum Gasteiger partial charge on any atom is -0.476 e. The molecule has 3 atom stereocenters. The predicted octanol–water partition coefficient (Wildman–Crippen LogP) is 3.86. The lowest BCUT2D eigenvalue weighted by atomic mass is 9.89. The Bertz CT molecular complexity index is 623. The molecule has 152 valence electrons. The van der Waals surface area contributed by atoms with E-state index >= 15 is 0 Å². The average Bonchev–Trinajstić information content (AvgIpc) is 3.25. The van der Waals surface area contributed by atoms with Gasteiger partial charge >= 0.3 is 5.97 Å². The summed E-state index contributed by atoms with van der Waals surface area (Å²) in [6.07, 6.45) is 7.49. The Morgan fingerprint density at radius 2 is 2.26 bits per heavy atom. The van der Waals surface area contributed by atoms with Gasteiger partial charge in [-0.15, -0.1) is 11.3 Å². The minimum atomic E-state index is -1.01. The van der Waals surface area contributed by atoms with E-state index in [1.807, 2.05) is 4.90 Å². The summed E-state index contributed by atoms with van der Waals surface area (Å²) in [6.45, 7) is 5.05. The standard InChI is InChI=1S/C19H31N3O3S2/c1-3-4-5-6-7-13(2)17(20)15-8-9-16(23)22(15)10-11-26-19-21-14(12-27-19)18(24)25/h12-13,15,17H,3-11,20H2,1-2H3,(H,24,25)/t13?,15-,17?/m1/s1. The third-order valence-corrected chi connectivity index (χ3v) is 7.25. The van der Waals surface area contributed by atoms with Crippen LogP contribution in [0.25, 0.3) is 0 Å². The zero-order chi connectivity index (χ0) is 19.8. The highest BCUT2D eigenvalue weighted by atomic mass is 32.2. The van der Waals surface area contributed by atoms with Gasteiger partial charge in [-0.05, 0) is 18.8 Å². The molecular formula is C19H31N3O3S2. The molecule has 2 unspecified atom stereocenters. The highest BCUT2D eigenvalue weighted by Crippen LogP contribution is 2.28. The zero-order valence-electron chi connectivity index (χ0n) is 16.2. The van der Waals surface area contributed by atoms with Crippen molar-refractivity contribution < 1.29 is 14.7 Å². The van der Waals surface area contributed by atoms with Gasteiger partial charge in [0.25, 0.3) is 0 Å². The summed E-state index contributed by atoms with van der Waals surface area (Å²) < 4.78 is 0.726. The van der Waals surface area contributed by atoms with Crippen molar-refractivity contribution in [2.45, 2.75) is 75.2 Å². The topological polar surface area (TPSA) is 96.5 Å². The lowest BCUT2D eigenvalue weighted by molar-refractivity contribution is -0.129. The summed E-state index contributed by atoms with van der Waals surface area (Å²) in [5, 5.41) is 10.5. The van der Waals surface area contributed by atoms with E-state index in [9.17, 15) is 9.59 Å². The quantitative estimate of drug-likeness (QED) is 0.399. The Labute approximate surface area is 169 Å². The van der Waals surface area contributed by atoms with Crippen molar-refractivity contribution in [2.24, 2.45) is 11.7 Å². The normalized spacial score (nSPS) is 19.4. The molecule has 0 aliphatic carbocycles. The van der Waals surface area contributed by atoms with E-state index in [0.29, 0.717) is 24.6 Å². The number of thiazole rings is 1. The number of carbonyl (C=O) groups is 2. The number of hydrogen-bond donors (Lipinski definition) is 2. The lowest BCUT2D eigenvalue weighted by Crippen LogP contribution is -2.49. The van der Waals surface area contributed by atoms with Crippen molar-refractivity contribution in [3.63, 3.8) is 0 Å². The van der Waals surface area contributed by atoms with E-state index in [-0.39, 0.29) is 23.7 Å². The number of carboxylic acids is 1. The molecule has 1 aromatic rings. The third-order valence-electron chi connectivity index (χ3n) is 5.25. The van der Waals surface area contributed by atoms with Crippen LogP contribution in [0.15, 0.2) is 9.72 Å². The number of nitrogens with zero attached hydrogens (tertiary/aromatic N) is 2. The summed E-state index contributed by atoms with van der Waals surface area (Å²) in [5.74, 6) is 0.281. The number of aromatic nitrogens is 1. The molecule has 1 saturated heterocycles. The van der Waals surface area contributed by atoms with E-state index in [1.54, 1.807) is 5.38 Å². The Balaban J connectivity index is 1.82. The number of carbonyl (C=O) groups excluding carboxylic acids is 1. The largest absolute Gasteiger partial charge is 0.476 e. The highest BCUT2D eigenvalue weighted by Gasteiger charge is 2.36. The fourth-order valence-corrected chi connectivity index (χ4v) is 5.37. The fraction of sp³-hybridized carbons (Fsp3) is 0.737. The Morgan fingerprint density at radius 3 is 2.93 bits per heavy atom. The van der Waals surface area contributed by atoms with E-state index in [2.05, 4.69) is 18.8 Å². The van der Waals surface area contributed by atoms with Crippen LogP contribution in [0.5, 0.6) is 0 Å². The van der Waals surface area contributed by atoms with E-state index in [1.165, 1.54) is 48.8 Å². The van der Waals surface area contributed by atoms with Crippen LogP contribution in [0, 0.1) is 5.92 Å². The van der Waals surface area contributed by atoms with Gasteiger partial charge in [0.15, 0.2) is 10.0 Å². The molecular weight excluding hydrogens is 382 g/mol. The average molecular weight is 414 g/mol. The molecule has 0 radical (unpaired) electrons. The number of amides is 1. The van der Waals surface area contributed by atoms with Crippen molar-refractivity contribution in [1.29, 1.82) is 0 Å². The van der Waals surface area contributed by atoms with Gasteiger partial charge in [0.2, 0.25) is 5.91 Å². The molecule has 1 aromatic heterocycles. The summed E-state index contributed by atoms with van der Waals surface area (Å²) in [5.41, 5.74) is 6.61. The Hall–Kier alpha value is -1.12. The first kappa shape index (κ1) is 22.2. The SMILES string of the molecule is CCCCCCC(C)C(N)[C@H]1CCC(=O)N1CCSc1nc(C(=O)O)cs1. The van der Waals surface area contributed by atoms with Crippen molar-refractivity contribution in [2.75, 3.05) is 12.3 Å². The number of carboxylic acid groups (broad SMARTS) is 1. The number of nitrogens with two attached hydrogens (primary N) is 1. The van der Waals surface area contributed by atoms with Crippen LogP contribution in [0.1, 0.15) is 69.3 Å². The molecule has 0 aromatic carbocycles. The van der Waals surface area contributed by atoms with Gasteiger partial charge in [0.1, 0.15) is 0 Å². The van der Waals surface area contributed by atoms with Gasteiger partial charge in [-0.25, -0.2) is 9.78 Å². The first-order chi connectivity index (χ1) is 12.9. The maximum Gasteiger partial charge on any atom is 0.355 e. The molecule has 2 rings (SSSR count). The monoisotopic (exact) mass is 413 g/mol. The number of likely N-dealkylation sites (tertiary alicyclic amines) is 1. The van der Waals surface area contributed by atoms with Crippen molar-refractivity contribution >= 4 is 35.0 Å². The van der Waals surface area contributed by atoms with Crippen LogP contribution in [-0.2, 0) is 4.79 Å². The van der Waals surface area contributed by atoms with E-state index in [0.717, 1.165) is 17.2 Å². The molecule has 1 aliphatic heterocycles. The summed E-state index contributed by atoms with van der Waals surface area (Å²) in [7, 11) is 0. The van der Waals surface area contributed by atoms with Gasteiger partial charge in [-0.2, -0.15) is 0 Å². The predicted molar refractivity (Wildman–Crippen MR) is 110 cm³/mol. The van der Waals surface area contributed by atoms with E-state index in [4.69, 9.17) is 10.8 Å². The molecule has 0 spiro atoms. The maximum absolute atomic E-state index is 12.3. The smallest absolute Gasteiger partial charge is 0.355 e. The second kappa shape index (κ2) is 11.0. The number of hydrogen-bond acceptors (Lipinski definition) is 6. The Kier molecular flexibility index (Phi) is 9.05. The maximum atomic E-state index is 12.3. The van der Waals surface area contributed by atoms with Crippen molar-refractivity contribution in [3.8, 4) is 0 Å².